The number of benzene rings is 1. The van der Waals surface area contributed by atoms with E-state index >= 15 is 0 Å². The van der Waals surface area contributed by atoms with Crippen molar-refractivity contribution in [1.82, 2.24) is 5.32 Å². The standard InChI is InChI=1S/C13H18ClNO/c1-10(2)15-9-5-8-13(16)11-6-3-4-7-12(11)14/h3-4,6-7,10,15H,5,8-9H2,1-2H3. The van der Waals surface area contributed by atoms with Crippen LogP contribution >= 0.6 is 11.6 Å². The molecule has 0 bridgehead atoms. The lowest BCUT2D eigenvalue weighted by atomic mass is 10.1. The fourth-order valence-electron chi connectivity index (χ4n) is 1.46. The van der Waals surface area contributed by atoms with E-state index in [1.54, 1.807) is 12.1 Å². The molecule has 0 aliphatic rings. The minimum atomic E-state index is 0.121. The zero-order valence-corrected chi connectivity index (χ0v) is 10.6. The molecule has 0 saturated carbocycles. The summed E-state index contributed by atoms with van der Waals surface area (Å²) in [6, 6.07) is 7.67. The highest BCUT2D eigenvalue weighted by Crippen LogP contribution is 2.17. The first-order chi connectivity index (χ1) is 7.61. The lowest BCUT2D eigenvalue weighted by molar-refractivity contribution is 0.0980. The second kappa shape index (κ2) is 6.66. The molecule has 0 amide bonds. The van der Waals surface area contributed by atoms with Gasteiger partial charge in [0.05, 0.1) is 5.02 Å². The number of rotatable bonds is 6. The van der Waals surface area contributed by atoms with Crippen molar-refractivity contribution in [3.63, 3.8) is 0 Å². The summed E-state index contributed by atoms with van der Waals surface area (Å²) in [5.74, 6) is 0.121. The molecule has 2 nitrogen and oxygen atoms in total. The van der Waals surface area contributed by atoms with Crippen molar-refractivity contribution in [1.29, 1.82) is 0 Å². The van der Waals surface area contributed by atoms with Gasteiger partial charge in [-0.2, -0.15) is 0 Å². The van der Waals surface area contributed by atoms with E-state index in [9.17, 15) is 4.79 Å². The van der Waals surface area contributed by atoms with Crippen molar-refractivity contribution in [3.05, 3.63) is 34.9 Å². The summed E-state index contributed by atoms with van der Waals surface area (Å²) in [6.07, 6.45) is 1.39. The van der Waals surface area contributed by atoms with Crippen LogP contribution < -0.4 is 5.32 Å². The number of ketones is 1. The Kier molecular flexibility index (Phi) is 5.50. The van der Waals surface area contributed by atoms with E-state index in [1.807, 2.05) is 12.1 Å². The third-order valence-corrected chi connectivity index (χ3v) is 2.64. The number of hydrogen-bond acceptors (Lipinski definition) is 2. The summed E-state index contributed by atoms with van der Waals surface area (Å²) in [7, 11) is 0. The summed E-state index contributed by atoms with van der Waals surface area (Å²) >= 11 is 5.95. The first-order valence-corrected chi connectivity index (χ1v) is 6.00. The molecule has 88 valence electrons. The second-order valence-corrected chi connectivity index (χ2v) is 4.52. The third-order valence-electron chi connectivity index (χ3n) is 2.31. The van der Waals surface area contributed by atoms with E-state index in [4.69, 9.17) is 11.6 Å². The molecule has 0 saturated heterocycles. The molecule has 1 aromatic carbocycles. The van der Waals surface area contributed by atoms with Gasteiger partial charge in [0, 0.05) is 18.0 Å². The predicted octanol–water partition coefficient (Wildman–Crippen LogP) is 3.30. The van der Waals surface area contributed by atoms with Gasteiger partial charge in [-0.3, -0.25) is 4.79 Å². The molecule has 3 heteroatoms. The smallest absolute Gasteiger partial charge is 0.164 e. The number of nitrogens with one attached hydrogen (secondary N) is 1. The van der Waals surface area contributed by atoms with E-state index in [2.05, 4.69) is 19.2 Å². The monoisotopic (exact) mass is 239 g/mol. The Labute approximate surface area is 102 Å². The van der Waals surface area contributed by atoms with Gasteiger partial charge in [-0.1, -0.05) is 37.6 Å². The van der Waals surface area contributed by atoms with Crippen molar-refractivity contribution in [2.75, 3.05) is 6.54 Å². The number of carbonyl (C=O) groups excluding carboxylic acids is 1. The number of halogens is 1. The van der Waals surface area contributed by atoms with Crippen LogP contribution in [0.5, 0.6) is 0 Å². The van der Waals surface area contributed by atoms with Gasteiger partial charge in [-0.15, -0.1) is 0 Å². The Balaban J connectivity index is 2.39. The van der Waals surface area contributed by atoms with Crippen LogP contribution in [0.25, 0.3) is 0 Å². The van der Waals surface area contributed by atoms with Gasteiger partial charge in [-0.05, 0) is 25.1 Å². The Bertz CT molecular complexity index is 350. The first kappa shape index (κ1) is 13.2. The van der Waals surface area contributed by atoms with Gasteiger partial charge < -0.3 is 5.32 Å². The zero-order chi connectivity index (χ0) is 12.0. The van der Waals surface area contributed by atoms with E-state index in [0.29, 0.717) is 23.0 Å². The van der Waals surface area contributed by atoms with Crippen molar-refractivity contribution < 1.29 is 4.79 Å². The summed E-state index contributed by atoms with van der Waals surface area (Å²) in [4.78, 5) is 11.8. The van der Waals surface area contributed by atoms with Crippen LogP contribution in [0.4, 0.5) is 0 Å². The Morgan fingerprint density at radius 2 is 2.06 bits per heavy atom. The topological polar surface area (TPSA) is 29.1 Å². The summed E-state index contributed by atoms with van der Waals surface area (Å²) in [5, 5.41) is 3.83. The first-order valence-electron chi connectivity index (χ1n) is 5.62. The van der Waals surface area contributed by atoms with Crippen LogP contribution in [0.1, 0.15) is 37.0 Å². The van der Waals surface area contributed by atoms with E-state index in [-0.39, 0.29) is 5.78 Å². The molecule has 0 fully saturated rings. The van der Waals surface area contributed by atoms with E-state index in [0.717, 1.165) is 13.0 Å². The number of carbonyl (C=O) groups is 1. The molecule has 0 aromatic heterocycles. The second-order valence-electron chi connectivity index (χ2n) is 4.12. The molecule has 1 aromatic rings. The van der Waals surface area contributed by atoms with Crippen molar-refractivity contribution in [2.45, 2.75) is 32.7 Å². The SMILES string of the molecule is CC(C)NCCCC(=O)c1ccccc1Cl. The molecule has 0 atom stereocenters. The molecule has 0 aliphatic carbocycles. The predicted molar refractivity (Wildman–Crippen MR) is 68.2 cm³/mol. The van der Waals surface area contributed by atoms with Crippen LogP contribution in [-0.4, -0.2) is 18.4 Å². The van der Waals surface area contributed by atoms with Crippen molar-refractivity contribution in [2.24, 2.45) is 0 Å². The van der Waals surface area contributed by atoms with E-state index < -0.39 is 0 Å². The van der Waals surface area contributed by atoms with Gasteiger partial charge in [0.15, 0.2) is 5.78 Å². The highest BCUT2D eigenvalue weighted by Gasteiger charge is 2.08. The lowest BCUT2D eigenvalue weighted by Crippen LogP contribution is -2.24. The third kappa shape index (κ3) is 4.33. The molecule has 1 rings (SSSR count). The molecule has 0 unspecified atom stereocenters. The minimum Gasteiger partial charge on any atom is -0.315 e. The molecular weight excluding hydrogens is 222 g/mol. The van der Waals surface area contributed by atoms with Crippen molar-refractivity contribution in [3.8, 4) is 0 Å². The van der Waals surface area contributed by atoms with Crippen LogP contribution in [0.3, 0.4) is 0 Å². The minimum absolute atomic E-state index is 0.121. The number of Topliss-reactive ketones (excluding diaryl/α,β-unsaturated/α-hetero) is 1. The Morgan fingerprint density at radius 3 is 2.69 bits per heavy atom. The fourth-order valence-corrected chi connectivity index (χ4v) is 1.70. The lowest BCUT2D eigenvalue weighted by Gasteiger charge is -2.07. The molecule has 0 heterocycles. The van der Waals surface area contributed by atoms with Gasteiger partial charge in [0.2, 0.25) is 0 Å². The van der Waals surface area contributed by atoms with Crippen LogP contribution in [0, 0.1) is 0 Å². The summed E-state index contributed by atoms with van der Waals surface area (Å²) in [6.45, 7) is 5.06. The number of hydrogen-bond donors (Lipinski definition) is 1. The summed E-state index contributed by atoms with van der Waals surface area (Å²) in [5.41, 5.74) is 0.633. The van der Waals surface area contributed by atoms with Crippen LogP contribution in [0.2, 0.25) is 5.02 Å². The summed E-state index contributed by atoms with van der Waals surface area (Å²) < 4.78 is 0. The maximum Gasteiger partial charge on any atom is 0.164 e. The molecule has 16 heavy (non-hydrogen) atoms. The quantitative estimate of drug-likeness (QED) is 0.610. The van der Waals surface area contributed by atoms with Gasteiger partial charge >= 0.3 is 0 Å². The largest absolute Gasteiger partial charge is 0.315 e. The van der Waals surface area contributed by atoms with Crippen molar-refractivity contribution >= 4 is 17.4 Å². The Hall–Kier alpha value is -0.860. The van der Waals surface area contributed by atoms with Crippen LogP contribution in [-0.2, 0) is 0 Å². The van der Waals surface area contributed by atoms with Gasteiger partial charge in [0.25, 0.3) is 0 Å². The highest BCUT2D eigenvalue weighted by atomic mass is 35.5. The normalized spacial score (nSPS) is 10.8. The molecule has 0 radical (unpaired) electrons. The Morgan fingerprint density at radius 1 is 1.38 bits per heavy atom. The average Bonchev–Trinajstić information content (AvgIpc) is 2.24. The maximum atomic E-state index is 11.8. The molecular formula is C13H18ClNO. The highest BCUT2D eigenvalue weighted by molar-refractivity contribution is 6.33. The maximum absolute atomic E-state index is 11.8. The van der Waals surface area contributed by atoms with Gasteiger partial charge in [-0.25, -0.2) is 0 Å². The molecule has 0 spiro atoms. The van der Waals surface area contributed by atoms with Crippen LogP contribution in [0.15, 0.2) is 24.3 Å². The zero-order valence-electron chi connectivity index (χ0n) is 9.79. The molecule has 1 N–H and O–H groups in total. The van der Waals surface area contributed by atoms with Gasteiger partial charge in [0.1, 0.15) is 0 Å². The average molecular weight is 240 g/mol. The van der Waals surface area contributed by atoms with E-state index in [1.165, 1.54) is 0 Å². The molecule has 0 aliphatic heterocycles. The fraction of sp³-hybridized carbons (Fsp3) is 0.462.